The number of piperazine rings is 1. The van der Waals surface area contributed by atoms with Crippen LogP contribution in [0.2, 0.25) is 0 Å². The second-order valence-electron chi connectivity index (χ2n) is 4.37. The van der Waals surface area contributed by atoms with Crippen molar-refractivity contribution in [2.45, 2.75) is 25.4 Å². The van der Waals surface area contributed by atoms with E-state index in [0.717, 1.165) is 0 Å². The lowest BCUT2D eigenvalue weighted by Gasteiger charge is -2.26. The molecule has 1 heterocycles. The van der Waals surface area contributed by atoms with Crippen LogP contribution in [-0.4, -0.2) is 55.6 Å². The molecule has 0 radical (unpaired) electrons. The summed E-state index contributed by atoms with van der Waals surface area (Å²) in [5, 5.41) is 5.40. The third kappa shape index (κ3) is 6.42. The van der Waals surface area contributed by atoms with E-state index < -0.39 is 24.4 Å². The standard InChI is InChI=1S/C11H18F3N3O2/c12-11(13,14)3-1-2-4-16-9(18)10(19)17-7-5-15-6-8-17/h15H,1-8H2,(H,16,18). The molecule has 0 bridgehead atoms. The van der Waals surface area contributed by atoms with E-state index in [4.69, 9.17) is 0 Å². The van der Waals surface area contributed by atoms with E-state index in [2.05, 4.69) is 10.6 Å². The van der Waals surface area contributed by atoms with Crippen molar-refractivity contribution in [1.29, 1.82) is 0 Å². The van der Waals surface area contributed by atoms with Crippen LogP contribution in [0.15, 0.2) is 0 Å². The first-order valence-corrected chi connectivity index (χ1v) is 6.25. The predicted octanol–water partition coefficient (Wildman–Crippen LogP) is 0.267. The average molecular weight is 281 g/mol. The van der Waals surface area contributed by atoms with Crippen LogP contribution in [-0.2, 0) is 9.59 Å². The van der Waals surface area contributed by atoms with Crippen molar-refractivity contribution in [3.63, 3.8) is 0 Å². The first-order chi connectivity index (χ1) is 8.90. The van der Waals surface area contributed by atoms with Crippen LogP contribution in [0.5, 0.6) is 0 Å². The lowest BCUT2D eigenvalue weighted by Crippen LogP contribution is -2.51. The molecule has 0 atom stereocenters. The molecule has 1 saturated heterocycles. The molecule has 2 N–H and O–H groups in total. The molecule has 0 saturated carbocycles. The molecule has 0 aromatic carbocycles. The first kappa shape index (κ1) is 15.7. The molecule has 1 aliphatic heterocycles. The average Bonchev–Trinajstić information content (AvgIpc) is 2.37. The van der Waals surface area contributed by atoms with Crippen molar-refractivity contribution in [2.75, 3.05) is 32.7 Å². The summed E-state index contributed by atoms with van der Waals surface area (Å²) in [5.41, 5.74) is 0. The van der Waals surface area contributed by atoms with Gasteiger partial charge in [0.05, 0.1) is 0 Å². The van der Waals surface area contributed by atoms with Crippen molar-refractivity contribution in [2.24, 2.45) is 0 Å². The molecule has 1 fully saturated rings. The molecule has 1 rings (SSSR count). The van der Waals surface area contributed by atoms with Gasteiger partial charge in [-0.1, -0.05) is 0 Å². The van der Waals surface area contributed by atoms with Crippen LogP contribution in [0, 0.1) is 0 Å². The minimum absolute atomic E-state index is 0.0500. The number of nitrogens with one attached hydrogen (secondary N) is 2. The monoisotopic (exact) mass is 281 g/mol. The summed E-state index contributed by atoms with van der Waals surface area (Å²) in [6.45, 7) is 2.32. The summed E-state index contributed by atoms with van der Waals surface area (Å²) < 4.78 is 35.6. The van der Waals surface area contributed by atoms with Gasteiger partial charge in [-0.05, 0) is 12.8 Å². The molecule has 19 heavy (non-hydrogen) atoms. The van der Waals surface area contributed by atoms with Crippen LogP contribution in [0.4, 0.5) is 13.2 Å². The number of unbranched alkanes of at least 4 members (excludes halogenated alkanes) is 1. The maximum atomic E-state index is 11.9. The van der Waals surface area contributed by atoms with Gasteiger partial charge in [0.2, 0.25) is 0 Å². The van der Waals surface area contributed by atoms with E-state index in [0.29, 0.717) is 26.2 Å². The Morgan fingerprint density at radius 1 is 1.16 bits per heavy atom. The molecule has 2 amide bonds. The van der Waals surface area contributed by atoms with Crippen molar-refractivity contribution >= 4 is 11.8 Å². The molecular weight excluding hydrogens is 263 g/mol. The number of alkyl halides is 3. The number of hydrogen-bond donors (Lipinski definition) is 2. The Bertz CT molecular complexity index is 315. The molecule has 5 nitrogen and oxygen atoms in total. The van der Waals surface area contributed by atoms with Gasteiger partial charge < -0.3 is 15.5 Å². The van der Waals surface area contributed by atoms with Gasteiger partial charge in [0.25, 0.3) is 0 Å². The van der Waals surface area contributed by atoms with Gasteiger partial charge in [0, 0.05) is 39.1 Å². The van der Waals surface area contributed by atoms with Crippen molar-refractivity contribution in [1.82, 2.24) is 15.5 Å². The number of carbonyl (C=O) groups is 2. The Morgan fingerprint density at radius 2 is 1.79 bits per heavy atom. The highest BCUT2D eigenvalue weighted by Crippen LogP contribution is 2.21. The summed E-state index contributed by atoms with van der Waals surface area (Å²) in [7, 11) is 0. The van der Waals surface area contributed by atoms with E-state index in [1.54, 1.807) is 0 Å². The highest BCUT2D eigenvalue weighted by Gasteiger charge is 2.26. The molecule has 110 valence electrons. The van der Waals surface area contributed by atoms with Gasteiger partial charge >= 0.3 is 18.0 Å². The number of carbonyl (C=O) groups excluding carboxylic acids is 2. The second kappa shape index (κ2) is 7.32. The van der Waals surface area contributed by atoms with Gasteiger partial charge in [-0.25, -0.2) is 0 Å². The Labute approximate surface area is 109 Å². The Kier molecular flexibility index (Phi) is 6.07. The van der Waals surface area contributed by atoms with E-state index in [1.807, 2.05) is 0 Å². The molecule has 8 heteroatoms. The normalized spacial score (nSPS) is 16.3. The molecular formula is C11H18F3N3O2. The van der Waals surface area contributed by atoms with Gasteiger partial charge in [-0.2, -0.15) is 13.2 Å². The van der Waals surface area contributed by atoms with Gasteiger partial charge in [-0.15, -0.1) is 0 Å². The molecule has 0 unspecified atom stereocenters. The zero-order valence-corrected chi connectivity index (χ0v) is 10.6. The van der Waals surface area contributed by atoms with Gasteiger partial charge in [0.1, 0.15) is 0 Å². The third-order valence-corrected chi connectivity index (χ3v) is 2.77. The van der Waals surface area contributed by atoms with Crippen molar-refractivity contribution in [3.05, 3.63) is 0 Å². The summed E-state index contributed by atoms with van der Waals surface area (Å²) >= 11 is 0. The van der Waals surface area contributed by atoms with Crippen LogP contribution >= 0.6 is 0 Å². The predicted molar refractivity (Wildman–Crippen MR) is 62.4 cm³/mol. The Balaban J connectivity index is 2.14. The lowest BCUT2D eigenvalue weighted by molar-refractivity contribution is -0.146. The maximum Gasteiger partial charge on any atom is 0.389 e. The fourth-order valence-corrected chi connectivity index (χ4v) is 1.74. The smallest absolute Gasteiger partial charge is 0.348 e. The van der Waals surface area contributed by atoms with Crippen LogP contribution in [0.3, 0.4) is 0 Å². The molecule has 0 aromatic heterocycles. The summed E-state index contributed by atoms with van der Waals surface area (Å²) in [6, 6.07) is 0. The second-order valence-corrected chi connectivity index (χ2v) is 4.37. The number of halogens is 3. The topological polar surface area (TPSA) is 61.4 Å². The number of rotatable bonds is 4. The summed E-state index contributed by atoms with van der Waals surface area (Å²) in [6.07, 6.45) is -4.87. The minimum atomic E-state index is -4.17. The summed E-state index contributed by atoms with van der Waals surface area (Å²) in [5.74, 6) is -1.36. The Morgan fingerprint density at radius 3 is 2.37 bits per heavy atom. The minimum Gasteiger partial charge on any atom is -0.348 e. The number of hydrogen-bond acceptors (Lipinski definition) is 3. The molecule has 0 aliphatic carbocycles. The zero-order chi connectivity index (χ0) is 14.3. The largest absolute Gasteiger partial charge is 0.389 e. The van der Waals surface area contributed by atoms with Crippen LogP contribution in [0.1, 0.15) is 19.3 Å². The van der Waals surface area contributed by atoms with Gasteiger partial charge in [-0.3, -0.25) is 9.59 Å². The molecule has 0 spiro atoms. The third-order valence-electron chi connectivity index (χ3n) is 2.77. The number of amides is 2. The van der Waals surface area contributed by atoms with Crippen molar-refractivity contribution < 1.29 is 22.8 Å². The van der Waals surface area contributed by atoms with Gasteiger partial charge in [0.15, 0.2) is 0 Å². The van der Waals surface area contributed by atoms with E-state index in [9.17, 15) is 22.8 Å². The SMILES string of the molecule is O=C(NCCCCC(F)(F)F)C(=O)N1CCNCC1. The van der Waals surface area contributed by atoms with E-state index >= 15 is 0 Å². The fourth-order valence-electron chi connectivity index (χ4n) is 1.74. The van der Waals surface area contributed by atoms with Crippen LogP contribution < -0.4 is 10.6 Å². The van der Waals surface area contributed by atoms with E-state index in [1.165, 1.54) is 4.90 Å². The molecule has 0 aromatic rings. The van der Waals surface area contributed by atoms with E-state index in [-0.39, 0.29) is 19.4 Å². The number of nitrogens with zero attached hydrogens (tertiary/aromatic N) is 1. The Hall–Kier alpha value is -1.31. The lowest BCUT2D eigenvalue weighted by atomic mass is 10.2. The first-order valence-electron chi connectivity index (χ1n) is 6.25. The highest BCUT2D eigenvalue weighted by atomic mass is 19.4. The quantitative estimate of drug-likeness (QED) is 0.574. The maximum absolute atomic E-state index is 11.9. The molecule has 1 aliphatic rings. The summed E-state index contributed by atoms with van der Waals surface area (Å²) in [4.78, 5) is 24.5. The van der Waals surface area contributed by atoms with Crippen molar-refractivity contribution in [3.8, 4) is 0 Å². The fraction of sp³-hybridized carbons (Fsp3) is 0.818. The zero-order valence-electron chi connectivity index (χ0n) is 10.6. The van der Waals surface area contributed by atoms with Crippen LogP contribution in [0.25, 0.3) is 0 Å². The highest BCUT2D eigenvalue weighted by molar-refractivity contribution is 6.35.